The van der Waals surface area contributed by atoms with Gasteiger partial charge in [-0.05, 0) is 43.0 Å². The van der Waals surface area contributed by atoms with Gasteiger partial charge < -0.3 is 14.8 Å². The number of hydrogen-bond acceptors (Lipinski definition) is 3. The van der Waals surface area contributed by atoms with Gasteiger partial charge in [0.05, 0.1) is 19.3 Å². The van der Waals surface area contributed by atoms with E-state index in [0.717, 1.165) is 38.3 Å². The van der Waals surface area contributed by atoms with Gasteiger partial charge in [0.15, 0.2) is 0 Å². The van der Waals surface area contributed by atoms with Crippen LogP contribution in [0.4, 0.5) is 0 Å². The van der Waals surface area contributed by atoms with Crippen molar-refractivity contribution < 1.29 is 9.47 Å². The number of hydrogen-bond donors (Lipinski definition) is 1. The lowest BCUT2D eigenvalue weighted by Crippen LogP contribution is -2.27. The summed E-state index contributed by atoms with van der Waals surface area (Å²) < 4.78 is 11.4. The first kappa shape index (κ1) is 18.0. The molecule has 21 heavy (non-hydrogen) atoms. The summed E-state index contributed by atoms with van der Waals surface area (Å²) in [5.41, 5.74) is 1.26. The van der Waals surface area contributed by atoms with Crippen LogP contribution in [0.2, 0.25) is 0 Å². The van der Waals surface area contributed by atoms with Crippen molar-refractivity contribution in [3.05, 3.63) is 29.8 Å². The van der Waals surface area contributed by atoms with Gasteiger partial charge >= 0.3 is 0 Å². The molecular weight excluding hydrogens is 262 g/mol. The maximum atomic E-state index is 5.81. The Balaban J connectivity index is 2.59. The molecule has 0 bridgehead atoms. The van der Waals surface area contributed by atoms with E-state index in [1.807, 2.05) is 12.1 Å². The molecule has 3 nitrogen and oxygen atoms in total. The maximum absolute atomic E-state index is 5.81. The Kier molecular flexibility index (Phi) is 9.11. The van der Waals surface area contributed by atoms with Gasteiger partial charge in [0.1, 0.15) is 5.75 Å². The first-order valence-corrected chi connectivity index (χ1v) is 8.21. The highest BCUT2D eigenvalue weighted by atomic mass is 16.5. The van der Waals surface area contributed by atoms with E-state index >= 15 is 0 Å². The third kappa shape index (κ3) is 7.49. The fraction of sp³-hybridized carbons (Fsp3) is 0.667. The minimum absolute atomic E-state index is 0.254. The number of rotatable bonds is 11. The Morgan fingerprint density at radius 1 is 1.00 bits per heavy atom. The number of nitrogens with one attached hydrogen (secondary N) is 1. The van der Waals surface area contributed by atoms with Crippen LogP contribution in [-0.2, 0) is 4.74 Å². The SMILES string of the molecule is CCCNC(COCC(C)C)c1ccc(OCCC)cc1. The molecule has 0 fully saturated rings. The molecule has 0 spiro atoms. The van der Waals surface area contributed by atoms with Crippen LogP contribution < -0.4 is 10.1 Å². The molecular formula is C18H31NO2. The van der Waals surface area contributed by atoms with E-state index in [1.54, 1.807) is 0 Å². The van der Waals surface area contributed by atoms with Crippen molar-refractivity contribution in [2.75, 3.05) is 26.4 Å². The zero-order valence-corrected chi connectivity index (χ0v) is 14.0. The van der Waals surface area contributed by atoms with Crippen LogP contribution in [0.25, 0.3) is 0 Å². The zero-order chi connectivity index (χ0) is 15.5. The molecule has 1 unspecified atom stereocenters. The molecule has 1 aromatic carbocycles. The van der Waals surface area contributed by atoms with E-state index in [4.69, 9.17) is 9.47 Å². The molecule has 1 aromatic rings. The third-order valence-electron chi connectivity index (χ3n) is 3.13. The summed E-state index contributed by atoms with van der Waals surface area (Å²) in [6, 6.07) is 8.62. The van der Waals surface area contributed by atoms with Crippen LogP contribution in [0.5, 0.6) is 5.75 Å². The van der Waals surface area contributed by atoms with E-state index in [0.29, 0.717) is 12.5 Å². The second-order valence-electron chi connectivity index (χ2n) is 5.86. The lowest BCUT2D eigenvalue weighted by molar-refractivity contribution is 0.0901. The third-order valence-corrected chi connectivity index (χ3v) is 3.13. The second-order valence-corrected chi connectivity index (χ2v) is 5.86. The Morgan fingerprint density at radius 2 is 1.71 bits per heavy atom. The smallest absolute Gasteiger partial charge is 0.119 e. The molecule has 0 saturated carbocycles. The molecule has 0 aliphatic rings. The summed E-state index contributed by atoms with van der Waals surface area (Å²) in [5.74, 6) is 1.51. The summed E-state index contributed by atoms with van der Waals surface area (Å²) in [5, 5.41) is 3.56. The van der Waals surface area contributed by atoms with E-state index in [2.05, 4.69) is 45.1 Å². The monoisotopic (exact) mass is 293 g/mol. The molecule has 0 aliphatic carbocycles. The minimum Gasteiger partial charge on any atom is -0.494 e. The fourth-order valence-electron chi connectivity index (χ4n) is 2.03. The van der Waals surface area contributed by atoms with Crippen molar-refractivity contribution in [1.82, 2.24) is 5.32 Å². The second kappa shape index (κ2) is 10.6. The summed E-state index contributed by atoms with van der Waals surface area (Å²) in [4.78, 5) is 0. The van der Waals surface area contributed by atoms with E-state index < -0.39 is 0 Å². The van der Waals surface area contributed by atoms with Gasteiger partial charge in [-0.15, -0.1) is 0 Å². The van der Waals surface area contributed by atoms with Gasteiger partial charge in [0, 0.05) is 6.61 Å². The van der Waals surface area contributed by atoms with Crippen LogP contribution >= 0.6 is 0 Å². The highest BCUT2D eigenvalue weighted by Gasteiger charge is 2.11. The molecule has 3 heteroatoms. The predicted molar refractivity (Wildman–Crippen MR) is 88.9 cm³/mol. The Bertz CT molecular complexity index is 362. The van der Waals surface area contributed by atoms with Crippen molar-refractivity contribution in [3.8, 4) is 5.75 Å². The molecule has 0 amide bonds. The molecule has 1 atom stereocenters. The Morgan fingerprint density at radius 3 is 2.29 bits per heavy atom. The molecule has 0 aromatic heterocycles. The number of benzene rings is 1. The van der Waals surface area contributed by atoms with Gasteiger partial charge in [-0.1, -0.05) is 39.8 Å². The zero-order valence-electron chi connectivity index (χ0n) is 14.0. The van der Waals surface area contributed by atoms with Crippen molar-refractivity contribution in [2.24, 2.45) is 5.92 Å². The van der Waals surface area contributed by atoms with Crippen LogP contribution in [-0.4, -0.2) is 26.4 Å². The summed E-state index contributed by atoms with van der Waals surface area (Å²) in [7, 11) is 0. The topological polar surface area (TPSA) is 30.5 Å². The van der Waals surface area contributed by atoms with Crippen LogP contribution in [0.15, 0.2) is 24.3 Å². The standard InChI is InChI=1S/C18H31NO2/c1-5-11-19-18(14-20-13-15(3)4)16-7-9-17(10-8-16)21-12-6-2/h7-10,15,18-19H,5-6,11-14H2,1-4H3. The summed E-state index contributed by atoms with van der Waals surface area (Å²) >= 11 is 0. The summed E-state index contributed by atoms with van der Waals surface area (Å²) in [6.07, 6.45) is 2.16. The van der Waals surface area contributed by atoms with Crippen molar-refractivity contribution in [1.29, 1.82) is 0 Å². The fourth-order valence-corrected chi connectivity index (χ4v) is 2.03. The largest absolute Gasteiger partial charge is 0.494 e. The minimum atomic E-state index is 0.254. The van der Waals surface area contributed by atoms with E-state index in [1.165, 1.54) is 5.56 Å². The van der Waals surface area contributed by atoms with Gasteiger partial charge in [0.25, 0.3) is 0 Å². The predicted octanol–water partition coefficient (Wildman–Crippen LogP) is 4.19. The lowest BCUT2D eigenvalue weighted by atomic mass is 10.1. The van der Waals surface area contributed by atoms with Crippen molar-refractivity contribution in [3.63, 3.8) is 0 Å². The number of ether oxygens (including phenoxy) is 2. The molecule has 0 heterocycles. The molecule has 1 rings (SSSR count). The van der Waals surface area contributed by atoms with Crippen LogP contribution in [0.1, 0.15) is 52.1 Å². The van der Waals surface area contributed by atoms with Gasteiger partial charge in [-0.3, -0.25) is 0 Å². The Labute approximate surface area is 130 Å². The first-order chi connectivity index (χ1) is 10.2. The van der Waals surface area contributed by atoms with E-state index in [9.17, 15) is 0 Å². The molecule has 0 saturated heterocycles. The molecule has 0 radical (unpaired) electrons. The van der Waals surface area contributed by atoms with Gasteiger partial charge in [-0.25, -0.2) is 0 Å². The summed E-state index contributed by atoms with van der Waals surface area (Å²) in [6.45, 7) is 11.9. The Hall–Kier alpha value is -1.06. The van der Waals surface area contributed by atoms with Gasteiger partial charge in [0.2, 0.25) is 0 Å². The quantitative estimate of drug-likeness (QED) is 0.663. The van der Waals surface area contributed by atoms with Gasteiger partial charge in [-0.2, -0.15) is 0 Å². The molecule has 120 valence electrons. The normalized spacial score (nSPS) is 12.6. The molecule has 0 aliphatic heterocycles. The highest BCUT2D eigenvalue weighted by Crippen LogP contribution is 2.19. The van der Waals surface area contributed by atoms with E-state index in [-0.39, 0.29) is 6.04 Å². The first-order valence-electron chi connectivity index (χ1n) is 8.21. The van der Waals surface area contributed by atoms with Crippen molar-refractivity contribution >= 4 is 0 Å². The van der Waals surface area contributed by atoms with Crippen LogP contribution in [0.3, 0.4) is 0 Å². The lowest BCUT2D eigenvalue weighted by Gasteiger charge is -2.20. The average molecular weight is 293 g/mol. The maximum Gasteiger partial charge on any atom is 0.119 e. The molecule has 1 N–H and O–H groups in total. The average Bonchev–Trinajstić information content (AvgIpc) is 2.49. The van der Waals surface area contributed by atoms with Crippen molar-refractivity contribution in [2.45, 2.75) is 46.6 Å². The van der Waals surface area contributed by atoms with Crippen LogP contribution in [0, 0.1) is 5.92 Å². The highest BCUT2D eigenvalue weighted by molar-refractivity contribution is 5.29.